The van der Waals surface area contributed by atoms with Crippen molar-refractivity contribution in [2.75, 3.05) is 0 Å². The van der Waals surface area contributed by atoms with Gasteiger partial charge in [0.2, 0.25) is 0 Å². The molecule has 4 nitrogen and oxygen atoms in total. The Morgan fingerprint density at radius 1 is 1.12 bits per heavy atom. The molecule has 0 spiro atoms. The van der Waals surface area contributed by atoms with Crippen LogP contribution in [0.4, 0.5) is 5.69 Å². The Labute approximate surface area is 142 Å². The van der Waals surface area contributed by atoms with Gasteiger partial charge in [-0.05, 0) is 66.8 Å². The Morgan fingerprint density at radius 2 is 1.75 bits per heavy atom. The summed E-state index contributed by atoms with van der Waals surface area (Å²) in [6, 6.07) is 15.5. The molecule has 0 unspecified atom stereocenters. The zero-order valence-electron chi connectivity index (χ0n) is 14.3. The van der Waals surface area contributed by atoms with Crippen molar-refractivity contribution in [3.8, 4) is 5.75 Å². The fraction of sp³-hybridized carbons (Fsp3) is 0.300. The van der Waals surface area contributed by atoms with Crippen LogP contribution in [0, 0.1) is 0 Å². The van der Waals surface area contributed by atoms with Crippen LogP contribution in [0.2, 0.25) is 0 Å². The van der Waals surface area contributed by atoms with Gasteiger partial charge in [-0.2, -0.15) is 0 Å². The van der Waals surface area contributed by atoms with Gasteiger partial charge < -0.3 is 9.84 Å². The molecule has 0 aliphatic carbocycles. The van der Waals surface area contributed by atoms with Crippen LogP contribution >= 0.6 is 0 Å². The second kappa shape index (κ2) is 8.29. The highest BCUT2D eigenvalue weighted by Crippen LogP contribution is 2.22. The predicted molar refractivity (Wildman–Crippen MR) is 96.6 cm³/mol. The minimum Gasteiger partial charge on any atom is -0.479 e. The molecule has 24 heavy (non-hydrogen) atoms. The summed E-state index contributed by atoms with van der Waals surface area (Å²) in [7, 11) is 0. The molecule has 2 aromatic carbocycles. The smallest absolute Gasteiger partial charge is 0.344 e. The van der Waals surface area contributed by atoms with Crippen molar-refractivity contribution in [2.45, 2.75) is 39.2 Å². The number of aliphatic carboxylic acids is 1. The van der Waals surface area contributed by atoms with Gasteiger partial charge in [0, 0.05) is 6.21 Å². The number of rotatable bonds is 7. The summed E-state index contributed by atoms with van der Waals surface area (Å²) >= 11 is 0. The highest BCUT2D eigenvalue weighted by atomic mass is 16.5. The molecule has 0 aliphatic heterocycles. The summed E-state index contributed by atoms with van der Waals surface area (Å²) < 4.78 is 5.30. The average molecular weight is 325 g/mol. The van der Waals surface area contributed by atoms with Crippen molar-refractivity contribution in [1.82, 2.24) is 0 Å². The molecule has 2 atom stereocenters. The molecule has 2 aromatic rings. The van der Waals surface area contributed by atoms with Gasteiger partial charge in [-0.1, -0.05) is 26.0 Å². The Balaban J connectivity index is 2.00. The molecular formula is C20H23NO3. The monoisotopic (exact) mass is 325 g/mol. The van der Waals surface area contributed by atoms with Gasteiger partial charge in [0.15, 0.2) is 6.10 Å². The summed E-state index contributed by atoms with van der Waals surface area (Å²) in [5, 5.41) is 8.83. The Hall–Kier alpha value is -2.62. The van der Waals surface area contributed by atoms with E-state index >= 15 is 0 Å². The van der Waals surface area contributed by atoms with Crippen molar-refractivity contribution in [2.24, 2.45) is 4.99 Å². The number of ether oxygens (including phenoxy) is 1. The molecule has 2 rings (SSSR count). The van der Waals surface area contributed by atoms with Crippen LogP contribution < -0.4 is 4.74 Å². The standard InChI is InChI=1S/C20H23NO3/c1-4-14(2)17-7-9-18(10-8-17)21-13-16-5-11-19(12-6-16)24-15(3)20(22)23/h5-15H,4H2,1-3H3,(H,22,23)/t14-,15-/m0/s1. The summed E-state index contributed by atoms with van der Waals surface area (Å²) in [5.74, 6) is 0.102. The second-order valence-corrected chi connectivity index (χ2v) is 5.83. The maximum absolute atomic E-state index is 10.8. The lowest BCUT2D eigenvalue weighted by molar-refractivity contribution is -0.144. The van der Waals surface area contributed by atoms with E-state index in [2.05, 4.69) is 31.0 Å². The average Bonchev–Trinajstić information content (AvgIpc) is 2.60. The maximum Gasteiger partial charge on any atom is 0.344 e. The number of aliphatic imine (C=N–C) groups is 1. The normalized spacial score (nSPS) is 13.6. The van der Waals surface area contributed by atoms with Crippen LogP contribution in [0.3, 0.4) is 0 Å². The van der Waals surface area contributed by atoms with E-state index in [1.54, 1.807) is 18.3 Å². The van der Waals surface area contributed by atoms with Crippen LogP contribution in [0.15, 0.2) is 53.5 Å². The first-order valence-electron chi connectivity index (χ1n) is 8.13. The van der Waals surface area contributed by atoms with Crippen LogP contribution in [-0.4, -0.2) is 23.4 Å². The SMILES string of the molecule is CC[C@H](C)c1ccc(N=Cc2ccc(O[C@@H](C)C(=O)O)cc2)cc1. The molecule has 0 radical (unpaired) electrons. The third-order valence-electron chi connectivity index (χ3n) is 3.98. The Morgan fingerprint density at radius 3 is 2.29 bits per heavy atom. The molecular weight excluding hydrogens is 302 g/mol. The van der Waals surface area contributed by atoms with E-state index in [4.69, 9.17) is 9.84 Å². The molecule has 0 saturated carbocycles. The van der Waals surface area contributed by atoms with Crippen molar-refractivity contribution < 1.29 is 14.6 Å². The maximum atomic E-state index is 10.8. The topological polar surface area (TPSA) is 58.9 Å². The first kappa shape index (κ1) is 17.7. The number of carboxylic acid groups (broad SMARTS) is 1. The molecule has 126 valence electrons. The van der Waals surface area contributed by atoms with Crippen molar-refractivity contribution >= 4 is 17.9 Å². The van der Waals surface area contributed by atoms with E-state index in [1.807, 2.05) is 24.3 Å². The largest absolute Gasteiger partial charge is 0.479 e. The van der Waals surface area contributed by atoms with Gasteiger partial charge in [-0.3, -0.25) is 4.99 Å². The van der Waals surface area contributed by atoms with Crippen molar-refractivity contribution in [3.63, 3.8) is 0 Å². The summed E-state index contributed by atoms with van der Waals surface area (Å²) in [4.78, 5) is 15.2. The first-order valence-corrected chi connectivity index (χ1v) is 8.13. The number of carbonyl (C=O) groups is 1. The first-order chi connectivity index (χ1) is 11.5. The third kappa shape index (κ3) is 4.95. The molecule has 0 aromatic heterocycles. The second-order valence-electron chi connectivity index (χ2n) is 5.83. The van der Waals surface area contributed by atoms with Gasteiger partial charge in [-0.15, -0.1) is 0 Å². The lowest BCUT2D eigenvalue weighted by Gasteiger charge is -2.10. The highest BCUT2D eigenvalue weighted by molar-refractivity contribution is 5.82. The molecule has 1 N–H and O–H groups in total. The van der Waals surface area contributed by atoms with Crippen LogP contribution in [0.25, 0.3) is 0 Å². The zero-order chi connectivity index (χ0) is 17.5. The molecule has 0 saturated heterocycles. The van der Waals surface area contributed by atoms with E-state index in [0.717, 1.165) is 17.7 Å². The van der Waals surface area contributed by atoms with Gasteiger partial charge in [-0.25, -0.2) is 4.79 Å². The van der Waals surface area contributed by atoms with E-state index in [1.165, 1.54) is 12.5 Å². The highest BCUT2D eigenvalue weighted by Gasteiger charge is 2.11. The minimum absolute atomic E-state index is 0.528. The van der Waals surface area contributed by atoms with Gasteiger partial charge in [0.1, 0.15) is 5.75 Å². The molecule has 4 heteroatoms. The van der Waals surface area contributed by atoms with Crippen LogP contribution in [-0.2, 0) is 4.79 Å². The van der Waals surface area contributed by atoms with E-state index in [-0.39, 0.29) is 0 Å². The predicted octanol–water partition coefficient (Wildman–Crippen LogP) is 4.80. The van der Waals surface area contributed by atoms with Crippen molar-refractivity contribution in [1.29, 1.82) is 0 Å². The number of nitrogens with zero attached hydrogens (tertiary/aromatic N) is 1. The number of hydrogen-bond donors (Lipinski definition) is 1. The third-order valence-corrected chi connectivity index (χ3v) is 3.98. The van der Waals surface area contributed by atoms with Crippen LogP contribution in [0.1, 0.15) is 44.2 Å². The minimum atomic E-state index is -0.985. The fourth-order valence-corrected chi connectivity index (χ4v) is 2.16. The molecule has 0 aliphatic rings. The Bertz CT molecular complexity index is 690. The van der Waals surface area contributed by atoms with E-state index in [9.17, 15) is 4.79 Å². The van der Waals surface area contributed by atoms with Gasteiger partial charge in [0.05, 0.1) is 5.69 Å². The number of carboxylic acids is 1. The quantitative estimate of drug-likeness (QED) is 0.744. The van der Waals surface area contributed by atoms with Crippen molar-refractivity contribution in [3.05, 3.63) is 59.7 Å². The van der Waals surface area contributed by atoms with E-state index < -0.39 is 12.1 Å². The number of hydrogen-bond acceptors (Lipinski definition) is 3. The Kier molecular flexibility index (Phi) is 6.13. The fourth-order valence-electron chi connectivity index (χ4n) is 2.16. The molecule has 0 amide bonds. The summed E-state index contributed by atoms with van der Waals surface area (Å²) in [5.41, 5.74) is 3.16. The summed E-state index contributed by atoms with van der Waals surface area (Å²) in [6.07, 6.45) is 2.04. The molecule has 0 bridgehead atoms. The number of benzene rings is 2. The molecule has 0 fully saturated rings. The van der Waals surface area contributed by atoms with E-state index in [0.29, 0.717) is 11.7 Å². The van der Waals surface area contributed by atoms with Crippen LogP contribution in [0.5, 0.6) is 5.75 Å². The van der Waals surface area contributed by atoms with Gasteiger partial charge >= 0.3 is 5.97 Å². The zero-order valence-corrected chi connectivity index (χ0v) is 14.3. The van der Waals surface area contributed by atoms with Gasteiger partial charge in [0.25, 0.3) is 0 Å². The lowest BCUT2D eigenvalue weighted by atomic mass is 9.99. The lowest BCUT2D eigenvalue weighted by Crippen LogP contribution is -2.22. The molecule has 0 heterocycles. The summed E-state index contributed by atoms with van der Waals surface area (Å²) in [6.45, 7) is 5.90.